The van der Waals surface area contributed by atoms with Crippen LogP contribution in [-0.4, -0.2) is 11.4 Å². The largest absolute Gasteiger partial charge is 0.493 e. The lowest BCUT2D eigenvalue weighted by Gasteiger charge is -2.17. The van der Waals surface area contributed by atoms with E-state index in [2.05, 4.69) is 44.0 Å². The lowest BCUT2D eigenvalue weighted by atomic mass is 9.97. The number of hydrogen-bond acceptors (Lipinski definition) is 1. The molecular formula is C16H20Br2O. The van der Waals surface area contributed by atoms with Gasteiger partial charge >= 0.3 is 0 Å². The van der Waals surface area contributed by atoms with E-state index in [1.165, 1.54) is 47.7 Å². The normalized spacial score (nSPS) is 20.3. The first-order chi connectivity index (χ1) is 9.24. The lowest BCUT2D eigenvalue weighted by Crippen LogP contribution is -2.11. The van der Waals surface area contributed by atoms with Gasteiger partial charge < -0.3 is 4.74 Å². The van der Waals surface area contributed by atoms with Crippen LogP contribution in [0.4, 0.5) is 0 Å². The second kappa shape index (κ2) is 6.17. The SMILES string of the molecule is Brc1cc2c(c(CCC(Br)C3CCCC3)c1)OCC2. The molecule has 1 fully saturated rings. The predicted octanol–water partition coefficient (Wildman–Crippen LogP) is 5.27. The standard InChI is InChI=1S/C16H20Br2O/c17-14-9-12(16-13(10-14)7-8-19-16)5-6-15(18)11-3-1-2-4-11/h9-11,15H,1-8H2. The molecule has 1 aliphatic heterocycles. The van der Waals surface area contributed by atoms with E-state index in [1.54, 1.807) is 0 Å². The molecule has 3 rings (SSSR count). The van der Waals surface area contributed by atoms with Gasteiger partial charge in [-0.05, 0) is 54.9 Å². The van der Waals surface area contributed by atoms with Gasteiger partial charge in [-0.25, -0.2) is 0 Å². The maximum atomic E-state index is 5.81. The van der Waals surface area contributed by atoms with Gasteiger partial charge in [0, 0.05) is 15.7 Å². The fraction of sp³-hybridized carbons (Fsp3) is 0.625. The molecule has 0 amide bonds. The molecule has 0 saturated heterocycles. The summed E-state index contributed by atoms with van der Waals surface area (Å²) >= 11 is 7.53. The van der Waals surface area contributed by atoms with Crippen LogP contribution in [0.5, 0.6) is 5.75 Å². The van der Waals surface area contributed by atoms with E-state index in [0.717, 1.165) is 31.1 Å². The van der Waals surface area contributed by atoms with Crippen molar-refractivity contribution >= 4 is 31.9 Å². The molecule has 3 heteroatoms. The van der Waals surface area contributed by atoms with Crippen molar-refractivity contribution in [2.24, 2.45) is 5.92 Å². The molecule has 1 aromatic carbocycles. The quantitative estimate of drug-likeness (QED) is 0.639. The lowest BCUT2D eigenvalue weighted by molar-refractivity contribution is 0.352. The number of aryl methyl sites for hydroxylation is 1. The summed E-state index contributed by atoms with van der Waals surface area (Å²) in [6, 6.07) is 4.44. The molecule has 1 heterocycles. The summed E-state index contributed by atoms with van der Waals surface area (Å²) in [5, 5.41) is 0. The Hall–Kier alpha value is -0.0200. The van der Waals surface area contributed by atoms with Gasteiger partial charge in [-0.2, -0.15) is 0 Å². The molecule has 104 valence electrons. The van der Waals surface area contributed by atoms with Gasteiger partial charge in [0.2, 0.25) is 0 Å². The number of halogens is 2. The Kier molecular flexibility index (Phi) is 4.53. The Morgan fingerprint density at radius 1 is 1.26 bits per heavy atom. The van der Waals surface area contributed by atoms with Crippen molar-refractivity contribution in [1.29, 1.82) is 0 Å². The molecule has 1 aromatic rings. The summed E-state index contributed by atoms with van der Waals surface area (Å²) < 4.78 is 7.00. The molecule has 19 heavy (non-hydrogen) atoms. The van der Waals surface area contributed by atoms with Crippen molar-refractivity contribution in [3.8, 4) is 5.75 Å². The zero-order valence-corrected chi connectivity index (χ0v) is 14.3. The molecule has 0 bridgehead atoms. The predicted molar refractivity (Wildman–Crippen MR) is 86.3 cm³/mol. The highest BCUT2D eigenvalue weighted by molar-refractivity contribution is 9.10. The Bertz CT molecular complexity index is 452. The van der Waals surface area contributed by atoms with Crippen LogP contribution in [0.1, 0.15) is 43.2 Å². The van der Waals surface area contributed by atoms with E-state index in [9.17, 15) is 0 Å². The number of ether oxygens (including phenoxy) is 1. The third-order valence-electron chi connectivity index (χ3n) is 4.43. The smallest absolute Gasteiger partial charge is 0.125 e. The molecule has 0 aromatic heterocycles. The van der Waals surface area contributed by atoms with E-state index in [0.29, 0.717) is 4.83 Å². The van der Waals surface area contributed by atoms with E-state index in [1.807, 2.05) is 0 Å². The van der Waals surface area contributed by atoms with Crippen molar-refractivity contribution in [3.05, 3.63) is 27.7 Å². The third kappa shape index (κ3) is 3.18. The van der Waals surface area contributed by atoms with Crippen LogP contribution in [0, 0.1) is 5.92 Å². The highest BCUT2D eigenvalue weighted by Gasteiger charge is 2.24. The molecule has 1 aliphatic carbocycles. The summed E-state index contributed by atoms with van der Waals surface area (Å²) in [6.07, 6.45) is 9.05. The van der Waals surface area contributed by atoms with Crippen LogP contribution >= 0.6 is 31.9 Å². The number of hydrogen-bond donors (Lipinski definition) is 0. The molecule has 0 N–H and O–H groups in total. The summed E-state index contributed by atoms with van der Waals surface area (Å²) in [5.74, 6) is 2.05. The number of benzene rings is 1. The van der Waals surface area contributed by atoms with Gasteiger partial charge in [-0.15, -0.1) is 0 Å². The average molecular weight is 388 g/mol. The Labute approximate surface area is 132 Å². The second-order valence-corrected chi connectivity index (χ2v) is 7.84. The van der Waals surface area contributed by atoms with Crippen molar-refractivity contribution < 1.29 is 4.74 Å². The first-order valence-electron chi connectivity index (χ1n) is 7.32. The van der Waals surface area contributed by atoms with E-state index in [-0.39, 0.29) is 0 Å². The zero-order chi connectivity index (χ0) is 13.2. The van der Waals surface area contributed by atoms with E-state index < -0.39 is 0 Å². The van der Waals surface area contributed by atoms with Crippen LogP contribution in [0.2, 0.25) is 0 Å². The van der Waals surface area contributed by atoms with Gasteiger partial charge in [0.05, 0.1) is 6.61 Å². The summed E-state index contributed by atoms with van der Waals surface area (Å²) in [6.45, 7) is 0.846. The summed E-state index contributed by atoms with van der Waals surface area (Å²) in [4.78, 5) is 0.672. The summed E-state index contributed by atoms with van der Waals surface area (Å²) in [5.41, 5.74) is 2.75. The topological polar surface area (TPSA) is 9.23 Å². The van der Waals surface area contributed by atoms with Gasteiger partial charge in [-0.3, -0.25) is 0 Å². The minimum Gasteiger partial charge on any atom is -0.493 e. The highest BCUT2D eigenvalue weighted by Crippen LogP contribution is 2.37. The minimum absolute atomic E-state index is 0.672. The molecule has 1 atom stereocenters. The van der Waals surface area contributed by atoms with Gasteiger partial charge in [-0.1, -0.05) is 44.7 Å². The summed E-state index contributed by atoms with van der Waals surface area (Å²) in [7, 11) is 0. The van der Waals surface area contributed by atoms with E-state index >= 15 is 0 Å². The molecule has 0 radical (unpaired) electrons. The third-order valence-corrected chi connectivity index (χ3v) is 6.09. The fourth-order valence-electron chi connectivity index (χ4n) is 3.38. The fourth-order valence-corrected chi connectivity index (χ4v) is 4.69. The molecule has 2 aliphatic rings. The number of rotatable bonds is 4. The van der Waals surface area contributed by atoms with Crippen LogP contribution in [0.3, 0.4) is 0 Å². The van der Waals surface area contributed by atoms with Crippen LogP contribution in [0.15, 0.2) is 16.6 Å². The minimum atomic E-state index is 0.672. The number of fused-ring (bicyclic) bond motifs is 1. The van der Waals surface area contributed by atoms with Crippen LogP contribution in [-0.2, 0) is 12.8 Å². The van der Waals surface area contributed by atoms with Crippen LogP contribution in [0.25, 0.3) is 0 Å². The molecular weight excluding hydrogens is 368 g/mol. The monoisotopic (exact) mass is 386 g/mol. The Morgan fingerprint density at radius 3 is 2.84 bits per heavy atom. The first-order valence-corrected chi connectivity index (χ1v) is 9.03. The molecule has 0 spiro atoms. The van der Waals surface area contributed by atoms with Crippen molar-refractivity contribution in [1.82, 2.24) is 0 Å². The Morgan fingerprint density at radius 2 is 2.05 bits per heavy atom. The molecule has 1 unspecified atom stereocenters. The molecule has 1 saturated carbocycles. The maximum absolute atomic E-state index is 5.81. The zero-order valence-electron chi connectivity index (χ0n) is 11.1. The van der Waals surface area contributed by atoms with Crippen LogP contribution < -0.4 is 4.74 Å². The second-order valence-electron chi connectivity index (χ2n) is 5.75. The average Bonchev–Trinajstić information content (AvgIpc) is 3.05. The van der Waals surface area contributed by atoms with Crippen molar-refractivity contribution in [2.45, 2.75) is 49.8 Å². The van der Waals surface area contributed by atoms with Crippen molar-refractivity contribution in [3.63, 3.8) is 0 Å². The first kappa shape index (κ1) is 13.9. The van der Waals surface area contributed by atoms with Crippen molar-refractivity contribution in [2.75, 3.05) is 6.61 Å². The maximum Gasteiger partial charge on any atom is 0.125 e. The van der Waals surface area contributed by atoms with E-state index in [4.69, 9.17) is 4.74 Å². The highest BCUT2D eigenvalue weighted by atomic mass is 79.9. The number of alkyl halides is 1. The molecule has 1 nitrogen and oxygen atoms in total. The van der Waals surface area contributed by atoms with Gasteiger partial charge in [0.1, 0.15) is 5.75 Å². The van der Waals surface area contributed by atoms with Gasteiger partial charge in [0.15, 0.2) is 0 Å². The van der Waals surface area contributed by atoms with Gasteiger partial charge in [0.25, 0.3) is 0 Å². The Balaban J connectivity index is 1.66.